The van der Waals surface area contributed by atoms with Crippen molar-refractivity contribution in [1.29, 1.82) is 0 Å². The van der Waals surface area contributed by atoms with Crippen molar-refractivity contribution in [2.45, 2.75) is 39.2 Å². The fourth-order valence-electron chi connectivity index (χ4n) is 3.20. The molecule has 2 aromatic carbocycles. The lowest BCUT2D eigenvalue weighted by Crippen LogP contribution is -2.47. The number of nitrogens with zero attached hydrogens (tertiary/aromatic N) is 1. The fourth-order valence-corrected chi connectivity index (χ4v) is 4.57. The summed E-state index contributed by atoms with van der Waals surface area (Å²) < 4.78 is 31.8. The van der Waals surface area contributed by atoms with E-state index in [9.17, 15) is 13.2 Å². The van der Waals surface area contributed by atoms with Gasteiger partial charge in [0.15, 0.2) is 0 Å². The van der Waals surface area contributed by atoms with Crippen LogP contribution in [0.3, 0.4) is 0 Å². The van der Waals surface area contributed by atoms with Crippen molar-refractivity contribution in [2.24, 2.45) is 0 Å². The van der Waals surface area contributed by atoms with Gasteiger partial charge in [-0.3, -0.25) is 9.10 Å². The van der Waals surface area contributed by atoms with Gasteiger partial charge in [0.2, 0.25) is 15.9 Å². The van der Waals surface area contributed by atoms with Crippen LogP contribution in [0.2, 0.25) is 5.02 Å². The van der Waals surface area contributed by atoms with Crippen LogP contribution in [0.1, 0.15) is 38.7 Å². The van der Waals surface area contributed by atoms with E-state index in [1.54, 1.807) is 19.1 Å². The molecule has 6 nitrogen and oxygen atoms in total. The molecule has 0 spiro atoms. The number of methoxy groups -OCH3 is 1. The van der Waals surface area contributed by atoms with Crippen LogP contribution < -0.4 is 14.4 Å². The Morgan fingerprint density at radius 2 is 1.86 bits per heavy atom. The summed E-state index contributed by atoms with van der Waals surface area (Å²) in [5.41, 5.74) is 1.86. The second-order valence-corrected chi connectivity index (χ2v) is 9.33. The molecule has 29 heavy (non-hydrogen) atoms. The van der Waals surface area contributed by atoms with Crippen LogP contribution in [0, 0.1) is 0 Å². The Kier molecular flexibility index (Phi) is 7.54. The minimum absolute atomic E-state index is 0.200. The molecule has 158 valence electrons. The Bertz CT molecular complexity index is 976. The largest absolute Gasteiger partial charge is 0.495 e. The third-order valence-electron chi connectivity index (χ3n) is 4.55. The predicted octanol–water partition coefficient (Wildman–Crippen LogP) is 4.66. The van der Waals surface area contributed by atoms with Gasteiger partial charge in [0.1, 0.15) is 11.8 Å². The van der Waals surface area contributed by atoms with E-state index in [4.69, 9.17) is 16.3 Å². The summed E-state index contributed by atoms with van der Waals surface area (Å²) >= 11 is 6.10. The number of amides is 1. The summed E-state index contributed by atoms with van der Waals surface area (Å²) in [6, 6.07) is 11.2. The molecule has 1 atom stereocenters. The molecule has 0 aliphatic carbocycles. The number of rotatable bonds is 8. The zero-order valence-corrected chi connectivity index (χ0v) is 18.8. The molecular weight excluding hydrogens is 412 g/mol. The van der Waals surface area contributed by atoms with Gasteiger partial charge in [0, 0.05) is 10.7 Å². The first-order valence-corrected chi connectivity index (χ1v) is 11.6. The molecule has 0 heterocycles. The topological polar surface area (TPSA) is 75.7 Å². The summed E-state index contributed by atoms with van der Waals surface area (Å²) in [5, 5.41) is 3.24. The van der Waals surface area contributed by atoms with Crippen LogP contribution in [0.25, 0.3) is 0 Å². The maximum atomic E-state index is 13.2. The van der Waals surface area contributed by atoms with Crippen molar-refractivity contribution < 1.29 is 17.9 Å². The fraction of sp³-hybridized carbons (Fsp3) is 0.381. The number of anilines is 2. The average molecular weight is 439 g/mol. The molecule has 2 aromatic rings. The standard InChI is InChI=1S/C21H27ClN2O4S/c1-6-18(21(25)23-17-10-8-7-9-16(17)14(2)3)24(29(5,26)27)19-13-15(22)11-12-20(19)28-4/h7-14,18H,6H2,1-5H3,(H,23,25). The van der Waals surface area contributed by atoms with Gasteiger partial charge < -0.3 is 10.1 Å². The Hall–Kier alpha value is -2.25. The van der Waals surface area contributed by atoms with Gasteiger partial charge in [-0.1, -0.05) is 50.6 Å². The van der Waals surface area contributed by atoms with E-state index in [1.807, 2.05) is 38.1 Å². The van der Waals surface area contributed by atoms with Gasteiger partial charge in [0.25, 0.3) is 0 Å². The highest BCUT2D eigenvalue weighted by Crippen LogP contribution is 2.35. The first kappa shape index (κ1) is 23.0. The minimum Gasteiger partial charge on any atom is -0.495 e. The van der Waals surface area contributed by atoms with Crippen molar-refractivity contribution in [3.05, 3.63) is 53.1 Å². The van der Waals surface area contributed by atoms with E-state index < -0.39 is 22.0 Å². The lowest BCUT2D eigenvalue weighted by Gasteiger charge is -2.31. The zero-order valence-electron chi connectivity index (χ0n) is 17.3. The Morgan fingerprint density at radius 3 is 2.41 bits per heavy atom. The number of carbonyl (C=O) groups excluding carboxylic acids is 1. The van der Waals surface area contributed by atoms with Gasteiger partial charge >= 0.3 is 0 Å². The molecule has 0 fully saturated rings. The maximum absolute atomic E-state index is 13.2. The number of hydrogen-bond acceptors (Lipinski definition) is 4. The quantitative estimate of drug-likeness (QED) is 0.650. The molecule has 1 amide bonds. The molecule has 1 unspecified atom stereocenters. The van der Waals surface area contributed by atoms with Crippen molar-refractivity contribution in [3.63, 3.8) is 0 Å². The predicted molar refractivity (Wildman–Crippen MR) is 119 cm³/mol. The summed E-state index contributed by atoms with van der Waals surface area (Å²) in [6.45, 7) is 5.82. The van der Waals surface area contributed by atoms with Crippen LogP contribution in [0.5, 0.6) is 5.75 Å². The molecule has 8 heteroatoms. The average Bonchev–Trinajstić information content (AvgIpc) is 2.65. The second-order valence-electron chi connectivity index (χ2n) is 7.03. The van der Waals surface area contributed by atoms with Gasteiger partial charge in [-0.25, -0.2) is 8.42 Å². The number of nitrogens with one attached hydrogen (secondary N) is 1. The van der Waals surface area contributed by atoms with Crippen LogP contribution in [-0.2, 0) is 14.8 Å². The van der Waals surface area contributed by atoms with E-state index in [-0.39, 0.29) is 18.0 Å². The SMILES string of the molecule is CCC(C(=O)Nc1ccccc1C(C)C)N(c1cc(Cl)ccc1OC)S(C)(=O)=O. The highest BCUT2D eigenvalue weighted by atomic mass is 35.5. The number of halogens is 1. The third kappa shape index (κ3) is 5.42. The van der Waals surface area contributed by atoms with Crippen LogP contribution in [0.15, 0.2) is 42.5 Å². The molecule has 2 rings (SSSR count). The van der Waals surface area contributed by atoms with Gasteiger partial charge in [0.05, 0.1) is 19.1 Å². The number of ether oxygens (including phenoxy) is 1. The molecule has 0 saturated heterocycles. The monoisotopic (exact) mass is 438 g/mol. The number of para-hydroxylation sites is 1. The van der Waals surface area contributed by atoms with E-state index in [0.29, 0.717) is 16.5 Å². The number of carbonyl (C=O) groups is 1. The molecule has 0 aromatic heterocycles. The number of benzene rings is 2. The summed E-state index contributed by atoms with van der Waals surface area (Å²) in [5.74, 6) is 0.0901. The molecule has 0 saturated carbocycles. The van der Waals surface area contributed by atoms with Crippen molar-refractivity contribution in [1.82, 2.24) is 0 Å². The molecule has 1 N–H and O–H groups in total. The van der Waals surface area contributed by atoms with E-state index in [0.717, 1.165) is 16.1 Å². The number of hydrogen-bond donors (Lipinski definition) is 1. The molecule has 0 bridgehead atoms. The molecule has 0 radical (unpaired) electrons. The highest BCUT2D eigenvalue weighted by molar-refractivity contribution is 7.92. The third-order valence-corrected chi connectivity index (χ3v) is 5.95. The molecule has 0 aliphatic rings. The smallest absolute Gasteiger partial charge is 0.248 e. The summed E-state index contributed by atoms with van der Waals surface area (Å²) in [6.07, 6.45) is 1.32. The highest BCUT2D eigenvalue weighted by Gasteiger charge is 2.34. The van der Waals surface area contributed by atoms with E-state index >= 15 is 0 Å². The van der Waals surface area contributed by atoms with Crippen LogP contribution >= 0.6 is 11.6 Å². The second kappa shape index (κ2) is 9.50. The Labute approximate surface area is 177 Å². The molecular formula is C21H27ClN2O4S. The van der Waals surface area contributed by atoms with Gasteiger partial charge in [-0.05, 0) is 42.2 Å². The van der Waals surface area contributed by atoms with Crippen molar-refractivity contribution in [2.75, 3.05) is 23.0 Å². The van der Waals surface area contributed by atoms with Gasteiger partial charge in [-0.2, -0.15) is 0 Å². The molecule has 0 aliphatic heterocycles. The van der Waals surface area contributed by atoms with E-state index in [1.165, 1.54) is 13.2 Å². The number of sulfonamides is 1. The van der Waals surface area contributed by atoms with E-state index in [2.05, 4.69) is 5.32 Å². The Morgan fingerprint density at radius 1 is 1.21 bits per heavy atom. The van der Waals surface area contributed by atoms with Crippen molar-refractivity contribution in [3.8, 4) is 5.75 Å². The normalized spacial score (nSPS) is 12.5. The zero-order chi connectivity index (χ0) is 21.8. The summed E-state index contributed by atoms with van der Waals surface area (Å²) in [7, 11) is -2.37. The summed E-state index contributed by atoms with van der Waals surface area (Å²) in [4.78, 5) is 13.2. The lowest BCUT2D eigenvalue weighted by molar-refractivity contribution is -0.117. The maximum Gasteiger partial charge on any atom is 0.248 e. The van der Waals surface area contributed by atoms with Crippen molar-refractivity contribution >= 4 is 38.9 Å². The first-order chi connectivity index (χ1) is 13.6. The Balaban J connectivity index is 2.51. The lowest BCUT2D eigenvalue weighted by atomic mass is 10.0. The van der Waals surface area contributed by atoms with Crippen LogP contribution in [-0.4, -0.2) is 33.7 Å². The van der Waals surface area contributed by atoms with Crippen LogP contribution in [0.4, 0.5) is 11.4 Å². The first-order valence-electron chi connectivity index (χ1n) is 9.32. The van der Waals surface area contributed by atoms with Gasteiger partial charge in [-0.15, -0.1) is 0 Å². The minimum atomic E-state index is -3.81.